The van der Waals surface area contributed by atoms with Crippen molar-refractivity contribution < 1.29 is 9.18 Å². The van der Waals surface area contributed by atoms with Crippen molar-refractivity contribution in [2.75, 3.05) is 0 Å². The van der Waals surface area contributed by atoms with Crippen molar-refractivity contribution in [3.63, 3.8) is 0 Å². The number of nitrogens with one attached hydrogen (secondary N) is 1. The number of hydrogen-bond acceptors (Lipinski definition) is 2. The van der Waals surface area contributed by atoms with Crippen LogP contribution in [-0.4, -0.2) is 15.5 Å². The highest BCUT2D eigenvalue weighted by atomic mass is 32.1. The van der Waals surface area contributed by atoms with Crippen LogP contribution >= 0.6 is 11.3 Å². The van der Waals surface area contributed by atoms with Crippen LogP contribution in [0.3, 0.4) is 0 Å². The lowest BCUT2D eigenvalue weighted by molar-refractivity contribution is 0.180. The maximum Gasteiger partial charge on any atom is 0.318 e. The molecule has 0 fully saturated rings. The molecule has 2 aromatic carbocycles. The molecule has 6 rings (SSSR count). The fourth-order valence-electron chi connectivity index (χ4n) is 5.25. The number of fused-ring (bicyclic) bond motifs is 5. The molecule has 1 N–H and O–H groups in total. The maximum atomic E-state index is 13.7. The summed E-state index contributed by atoms with van der Waals surface area (Å²) < 4.78 is 15.6. The first-order chi connectivity index (χ1) is 16.7. The second-order valence-corrected chi connectivity index (χ2v) is 10.1. The Labute approximate surface area is 202 Å². The van der Waals surface area contributed by atoms with Gasteiger partial charge in [-0.1, -0.05) is 42.5 Å². The molecule has 0 saturated carbocycles. The summed E-state index contributed by atoms with van der Waals surface area (Å²) in [6.07, 6.45) is 6.78. The number of urea groups is 1. The fraction of sp³-hybridized carbons (Fsp3) is 0.250. The number of amides is 2. The van der Waals surface area contributed by atoms with Crippen LogP contribution < -0.4 is 5.32 Å². The molecule has 2 amide bonds. The highest BCUT2D eigenvalue weighted by molar-refractivity contribution is 7.15. The Kier molecular flexibility index (Phi) is 5.46. The van der Waals surface area contributed by atoms with Gasteiger partial charge in [0.2, 0.25) is 0 Å². The lowest BCUT2D eigenvalue weighted by Crippen LogP contribution is -2.41. The number of halogens is 1. The van der Waals surface area contributed by atoms with Crippen LogP contribution in [0.2, 0.25) is 0 Å². The highest BCUT2D eigenvalue weighted by Crippen LogP contribution is 2.43. The molecule has 172 valence electrons. The number of aryl methyl sites for hydroxylation is 1. The van der Waals surface area contributed by atoms with E-state index in [9.17, 15) is 9.18 Å². The number of carbonyl (C=O) groups excluding carboxylic acids is 1. The second-order valence-electron chi connectivity index (χ2n) is 9.02. The summed E-state index contributed by atoms with van der Waals surface area (Å²) in [6.45, 7) is 0.921. The maximum absolute atomic E-state index is 13.7. The van der Waals surface area contributed by atoms with E-state index in [2.05, 4.69) is 40.3 Å². The van der Waals surface area contributed by atoms with Crippen molar-refractivity contribution in [1.82, 2.24) is 14.8 Å². The zero-order valence-electron chi connectivity index (χ0n) is 18.8. The van der Waals surface area contributed by atoms with Crippen LogP contribution in [0.25, 0.3) is 5.00 Å². The van der Waals surface area contributed by atoms with Crippen molar-refractivity contribution >= 4 is 17.4 Å². The predicted octanol–water partition coefficient (Wildman–Crippen LogP) is 6.37. The first-order valence-electron chi connectivity index (χ1n) is 11.8. The summed E-state index contributed by atoms with van der Waals surface area (Å²) in [7, 11) is 0. The SMILES string of the molecule is O=C(NCc1ccc(F)cc1)N1Cc2c(sc3c2CCCC3)-n2cccc2C1c1ccccc1. The summed E-state index contributed by atoms with van der Waals surface area (Å²) in [4.78, 5) is 17.2. The molecular weight excluding hydrogens is 445 g/mol. The van der Waals surface area contributed by atoms with Crippen molar-refractivity contribution in [2.45, 2.75) is 44.8 Å². The van der Waals surface area contributed by atoms with Crippen LogP contribution in [0.5, 0.6) is 0 Å². The molecule has 0 saturated heterocycles. The third-order valence-corrected chi connectivity index (χ3v) is 8.25. The molecule has 0 radical (unpaired) electrons. The van der Waals surface area contributed by atoms with E-state index in [1.807, 2.05) is 34.4 Å². The minimum atomic E-state index is -0.276. The smallest absolute Gasteiger partial charge is 0.318 e. The summed E-state index contributed by atoms with van der Waals surface area (Å²) >= 11 is 1.89. The second kappa shape index (κ2) is 8.76. The topological polar surface area (TPSA) is 37.3 Å². The standard InChI is InChI=1S/C28H26FN3OS/c29-21-14-12-19(13-15-21)17-30-28(33)32-18-23-22-9-4-5-11-25(22)34-27(23)31-16-6-10-24(31)26(32)20-7-2-1-3-8-20/h1-3,6-8,10,12-16,26H,4-5,9,11,17-18H2,(H,30,33). The summed E-state index contributed by atoms with van der Waals surface area (Å²) in [5, 5.41) is 4.35. The number of nitrogens with zero attached hydrogens (tertiary/aromatic N) is 2. The van der Waals surface area contributed by atoms with Gasteiger partial charge in [-0.25, -0.2) is 9.18 Å². The lowest BCUT2D eigenvalue weighted by Gasteiger charge is -2.31. The van der Waals surface area contributed by atoms with E-state index in [0.29, 0.717) is 13.1 Å². The number of thiophene rings is 1. The zero-order valence-corrected chi connectivity index (χ0v) is 19.7. The van der Waals surface area contributed by atoms with E-state index in [1.165, 1.54) is 46.0 Å². The normalized spacial score (nSPS) is 16.9. The van der Waals surface area contributed by atoms with Gasteiger partial charge >= 0.3 is 6.03 Å². The largest absolute Gasteiger partial charge is 0.334 e. The third-order valence-electron chi connectivity index (χ3n) is 6.91. The molecule has 6 heteroatoms. The lowest BCUT2D eigenvalue weighted by atomic mass is 9.95. The van der Waals surface area contributed by atoms with Gasteiger partial charge in [0.25, 0.3) is 0 Å². The number of rotatable bonds is 3. The van der Waals surface area contributed by atoms with Crippen LogP contribution in [-0.2, 0) is 25.9 Å². The molecule has 0 spiro atoms. The Hall–Kier alpha value is -3.38. The predicted molar refractivity (Wildman–Crippen MR) is 133 cm³/mol. The Morgan fingerprint density at radius 2 is 1.76 bits per heavy atom. The Balaban J connectivity index is 1.42. The molecule has 2 aromatic heterocycles. The first kappa shape index (κ1) is 21.2. The van der Waals surface area contributed by atoms with Gasteiger partial charge < -0.3 is 14.8 Å². The van der Waals surface area contributed by atoms with Crippen LogP contribution in [0.1, 0.15) is 51.7 Å². The first-order valence-corrected chi connectivity index (χ1v) is 12.7. The van der Waals surface area contributed by atoms with Crippen molar-refractivity contribution in [3.8, 4) is 5.00 Å². The summed E-state index contributed by atoms with van der Waals surface area (Å²) in [5.41, 5.74) is 5.78. The average Bonchev–Trinajstić information content (AvgIpc) is 3.46. The minimum absolute atomic E-state index is 0.116. The van der Waals surface area contributed by atoms with Crippen LogP contribution in [0.15, 0.2) is 72.9 Å². The highest BCUT2D eigenvalue weighted by Gasteiger charge is 2.35. The Morgan fingerprint density at radius 3 is 2.59 bits per heavy atom. The van der Waals surface area contributed by atoms with E-state index >= 15 is 0 Å². The van der Waals surface area contributed by atoms with E-state index in [-0.39, 0.29) is 17.9 Å². The van der Waals surface area contributed by atoms with Crippen molar-refractivity contribution in [1.29, 1.82) is 0 Å². The molecule has 1 aliphatic heterocycles. The quantitative estimate of drug-likeness (QED) is 0.370. The summed E-state index contributed by atoms with van der Waals surface area (Å²) in [5.74, 6) is -0.276. The third kappa shape index (κ3) is 3.72. The number of hydrogen-bond donors (Lipinski definition) is 1. The van der Waals surface area contributed by atoms with Gasteiger partial charge in [0.15, 0.2) is 0 Å². The van der Waals surface area contributed by atoms with Crippen molar-refractivity contribution in [3.05, 3.63) is 112 Å². The average molecular weight is 472 g/mol. The van der Waals surface area contributed by atoms with E-state index in [0.717, 1.165) is 29.7 Å². The molecule has 4 nitrogen and oxygen atoms in total. The number of carbonyl (C=O) groups is 1. The van der Waals surface area contributed by atoms with Crippen LogP contribution in [0.4, 0.5) is 9.18 Å². The van der Waals surface area contributed by atoms with Gasteiger partial charge in [-0.2, -0.15) is 0 Å². The van der Waals surface area contributed by atoms with Gasteiger partial charge in [0.1, 0.15) is 10.8 Å². The molecule has 34 heavy (non-hydrogen) atoms. The molecule has 4 aromatic rings. The molecule has 1 atom stereocenters. The van der Waals surface area contributed by atoms with E-state index < -0.39 is 0 Å². The Morgan fingerprint density at radius 1 is 0.971 bits per heavy atom. The summed E-state index contributed by atoms with van der Waals surface area (Å²) in [6, 6.07) is 20.4. The molecule has 0 bridgehead atoms. The van der Waals surface area contributed by atoms with E-state index in [4.69, 9.17) is 0 Å². The molecule has 2 aliphatic rings. The number of benzene rings is 2. The molecule has 1 unspecified atom stereocenters. The molecular formula is C28H26FN3OS. The van der Waals surface area contributed by atoms with Gasteiger partial charge in [0.05, 0.1) is 18.3 Å². The fourth-order valence-corrected chi connectivity index (χ4v) is 6.66. The van der Waals surface area contributed by atoms with Gasteiger partial charge in [-0.3, -0.25) is 0 Å². The molecule has 3 heterocycles. The minimum Gasteiger partial charge on any atom is -0.334 e. The Bertz CT molecular complexity index is 1330. The molecule has 1 aliphatic carbocycles. The van der Waals surface area contributed by atoms with Gasteiger partial charge in [-0.05, 0) is 66.6 Å². The van der Waals surface area contributed by atoms with E-state index in [1.54, 1.807) is 12.1 Å². The van der Waals surface area contributed by atoms with Gasteiger partial charge in [-0.15, -0.1) is 11.3 Å². The number of aromatic nitrogens is 1. The zero-order chi connectivity index (χ0) is 23.1. The monoisotopic (exact) mass is 471 g/mol. The van der Waals surface area contributed by atoms with Gasteiger partial charge in [0, 0.05) is 23.2 Å². The van der Waals surface area contributed by atoms with Crippen LogP contribution in [0, 0.1) is 5.82 Å². The van der Waals surface area contributed by atoms with Crippen molar-refractivity contribution in [2.24, 2.45) is 0 Å².